The quantitative estimate of drug-likeness (QED) is 0.0222. The predicted octanol–water partition coefficient (Wildman–Crippen LogP) is 21.7. The van der Waals surface area contributed by atoms with Crippen molar-refractivity contribution in [1.82, 2.24) is 0 Å². The van der Waals surface area contributed by atoms with E-state index in [0.29, 0.717) is 25.7 Å². The number of aliphatic hydroxyl groups is 1. The fraction of sp³-hybridized carbons (Fsp3) is 0.946. The number of carbonyl (C=O) groups excluding carboxylic acids is 4. The molecule has 0 amide bonds. The van der Waals surface area contributed by atoms with Crippen LogP contribution in [0, 0.1) is 5.92 Å². The van der Waals surface area contributed by atoms with Crippen molar-refractivity contribution in [2.45, 2.75) is 406 Å². The molecule has 0 spiro atoms. The first-order valence-corrected chi connectivity index (χ1v) is 41.6. The van der Waals surface area contributed by atoms with Crippen LogP contribution in [0.1, 0.15) is 388 Å². The third-order valence-corrected chi connectivity index (χ3v) is 19.2. The zero-order valence-corrected chi connectivity index (χ0v) is 62.2. The van der Waals surface area contributed by atoms with Crippen LogP contribution in [0.15, 0.2) is 0 Å². The second kappa shape index (κ2) is 67.3. The normalized spacial score (nSPS) is 14.0. The fourth-order valence-corrected chi connectivity index (χ4v) is 12.9. The van der Waals surface area contributed by atoms with Crippen LogP contribution in [-0.2, 0) is 65.4 Å². The molecule has 2 unspecified atom stereocenters. The van der Waals surface area contributed by atoms with Crippen molar-refractivity contribution in [2.75, 3.05) is 39.6 Å². The number of ether oxygens (including phenoxy) is 4. The number of esters is 4. The molecule has 0 rings (SSSR count). The van der Waals surface area contributed by atoms with E-state index in [1.807, 2.05) is 0 Å². The molecule has 0 radical (unpaired) electrons. The summed E-state index contributed by atoms with van der Waals surface area (Å²) in [5.41, 5.74) is 0. The van der Waals surface area contributed by atoms with Gasteiger partial charge in [0.2, 0.25) is 0 Å². The van der Waals surface area contributed by atoms with Gasteiger partial charge in [0, 0.05) is 25.7 Å². The van der Waals surface area contributed by atoms with Gasteiger partial charge in [-0.25, -0.2) is 9.13 Å². The molecule has 19 heteroatoms. The van der Waals surface area contributed by atoms with E-state index in [-0.39, 0.29) is 25.7 Å². The molecule has 0 aromatic heterocycles. The molecule has 17 nitrogen and oxygen atoms in total. The highest BCUT2D eigenvalue weighted by Crippen LogP contribution is 2.45. The standard InChI is InChI=1S/C74H144O17P2/c1-6-9-12-15-18-21-24-26-28-29-30-32-34-39-44-49-54-59-73(78)90-69(64-85-72(77)58-53-48-43-38-33-31-27-25-22-19-16-13-10-7-2)65-88-92(80,81)86-61-68(75)62-87-93(82,83)89-66-70(63-84-71(76)57-52-47-42-37-23-20-17-14-11-8-3)91-74(79)60-55-50-45-40-35-36-41-46-51-56-67(4)5/h67-70,75H,6-66H2,1-5H3,(H,80,81)(H,82,83)/t68-,69-,70-/m1/s1. The molecule has 0 aliphatic heterocycles. The Balaban J connectivity index is 5.24. The van der Waals surface area contributed by atoms with Crippen molar-refractivity contribution < 1.29 is 80.2 Å². The van der Waals surface area contributed by atoms with Gasteiger partial charge in [0.15, 0.2) is 12.2 Å². The first-order valence-electron chi connectivity index (χ1n) is 38.6. The second-order valence-corrected chi connectivity index (χ2v) is 30.1. The molecule has 93 heavy (non-hydrogen) atoms. The molecule has 0 aromatic rings. The van der Waals surface area contributed by atoms with Gasteiger partial charge in [0.1, 0.15) is 19.3 Å². The van der Waals surface area contributed by atoms with Gasteiger partial charge in [-0.3, -0.25) is 37.3 Å². The molecule has 0 saturated carbocycles. The Morgan fingerprint density at radius 1 is 0.290 bits per heavy atom. The van der Waals surface area contributed by atoms with Gasteiger partial charge in [-0.1, -0.05) is 336 Å². The van der Waals surface area contributed by atoms with Crippen molar-refractivity contribution in [1.29, 1.82) is 0 Å². The van der Waals surface area contributed by atoms with Crippen molar-refractivity contribution in [3.63, 3.8) is 0 Å². The van der Waals surface area contributed by atoms with Crippen LogP contribution < -0.4 is 0 Å². The van der Waals surface area contributed by atoms with Crippen LogP contribution in [0.4, 0.5) is 0 Å². The number of carbonyl (C=O) groups is 4. The average Bonchev–Trinajstić information content (AvgIpc) is 2.10. The highest BCUT2D eigenvalue weighted by atomic mass is 31.2. The highest BCUT2D eigenvalue weighted by Gasteiger charge is 2.30. The zero-order valence-electron chi connectivity index (χ0n) is 60.4. The topological polar surface area (TPSA) is 237 Å². The van der Waals surface area contributed by atoms with Crippen LogP contribution in [0.5, 0.6) is 0 Å². The highest BCUT2D eigenvalue weighted by molar-refractivity contribution is 7.47. The summed E-state index contributed by atoms with van der Waals surface area (Å²) in [6, 6.07) is 0. The molecule has 0 fully saturated rings. The summed E-state index contributed by atoms with van der Waals surface area (Å²) in [4.78, 5) is 72.7. The lowest BCUT2D eigenvalue weighted by Crippen LogP contribution is -2.30. The van der Waals surface area contributed by atoms with Crippen molar-refractivity contribution >= 4 is 39.5 Å². The molecule has 0 aliphatic carbocycles. The van der Waals surface area contributed by atoms with Crippen molar-refractivity contribution in [2.24, 2.45) is 5.92 Å². The van der Waals surface area contributed by atoms with Gasteiger partial charge >= 0.3 is 39.5 Å². The fourth-order valence-electron chi connectivity index (χ4n) is 11.4. The number of aliphatic hydroxyl groups excluding tert-OH is 1. The molecule has 552 valence electrons. The third-order valence-electron chi connectivity index (χ3n) is 17.3. The van der Waals surface area contributed by atoms with Crippen LogP contribution in [0.2, 0.25) is 0 Å². The van der Waals surface area contributed by atoms with E-state index >= 15 is 0 Å². The second-order valence-electron chi connectivity index (χ2n) is 27.2. The first-order chi connectivity index (χ1) is 45.0. The molecular formula is C74H144O17P2. The number of phosphoric ester groups is 2. The summed E-state index contributed by atoms with van der Waals surface area (Å²) in [6.45, 7) is 7.25. The molecule has 0 aromatic carbocycles. The van der Waals surface area contributed by atoms with Gasteiger partial charge < -0.3 is 33.8 Å². The number of phosphoric acid groups is 2. The summed E-state index contributed by atoms with van der Waals surface area (Å²) in [5.74, 6) is -1.38. The Bertz CT molecular complexity index is 1790. The van der Waals surface area contributed by atoms with E-state index < -0.39 is 97.5 Å². The maximum absolute atomic E-state index is 13.1. The van der Waals surface area contributed by atoms with Crippen molar-refractivity contribution in [3.05, 3.63) is 0 Å². The van der Waals surface area contributed by atoms with E-state index in [1.54, 1.807) is 0 Å². The van der Waals surface area contributed by atoms with Crippen LogP contribution >= 0.6 is 15.6 Å². The maximum atomic E-state index is 13.1. The van der Waals surface area contributed by atoms with E-state index in [0.717, 1.165) is 95.8 Å². The van der Waals surface area contributed by atoms with Crippen molar-refractivity contribution in [3.8, 4) is 0 Å². The lowest BCUT2D eigenvalue weighted by Gasteiger charge is -2.21. The van der Waals surface area contributed by atoms with Gasteiger partial charge in [0.05, 0.1) is 26.4 Å². The van der Waals surface area contributed by atoms with Gasteiger partial charge in [-0.05, 0) is 31.6 Å². The zero-order chi connectivity index (χ0) is 68.4. The Hall–Kier alpha value is -1.94. The van der Waals surface area contributed by atoms with Crippen LogP contribution in [-0.4, -0.2) is 96.7 Å². The Morgan fingerprint density at radius 3 is 0.731 bits per heavy atom. The number of hydrogen-bond acceptors (Lipinski definition) is 15. The summed E-state index contributed by atoms with van der Waals surface area (Å²) in [6.07, 6.45) is 55.4. The summed E-state index contributed by atoms with van der Waals surface area (Å²) in [7, 11) is -9.90. The van der Waals surface area contributed by atoms with Gasteiger partial charge in [0.25, 0.3) is 0 Å². The molecule has 0 saturated heterocycles. The largest absolute Gasteiger partial charge is 0.472 e. The monoisotopic (exact) mass is 1370 g/mol. The summed E-state index contributed by atoms with van der Waals surface area (Å²) < 4.78 is 68.4. The Morgan fingerprint density at radius 2 is 0.495 bits per heavy atom. The smallest absolute Gasteiger partial charge is 0.462 e. The van der Waals surface area contributed by atoms with Crippen LogP contribution in [0.3, 0.4) is 0 Å². The number of rotatable bonds is 74. The van der Waals surface area contributed by atoms with E-state index in [9.17, 15) is 43.2 Å². The molecule has 0 bridgehead atoms. The van der Waals surface area contributed by atoms with E-state index in [4.69, 9.17) is 37.0 Å². The molecular weight excluding hydrogens is 1220 g/mol. The minimum absolute atomic E-state index is 0.106. The number of unbranched alkanes of at least 4 members (excludes halogenated alkanes) is 46. The summed E-state index contributed by atoms with van der Waals surface area (Å²) >= 11 is 0. The first kappa shape index (κ1) is 91.1. The molecule has 0 heterocycles. The average molecular weight is 1370 g/mol. The minimum Gasteiger partial charge on any atom is -0.462 e. The minimum atomic E-state index is -4.95. The predicted molar refractivity (Wildman–Crippen MR) is 377 cm³/mol. The molecule has 0 aliphatic rings. The third kappa shape index (κ3) is 68.4. The SMILES string of the molecule is CCCCCCCCCCCCCCCCCCCC(=O)O[C@H](COC(=O)CCCCCCCCCCCCCCCC)COP(=O)(O)OC[C@@H](O)COP(=O)(O)OC[C@@H](COC(=O)CCCCCCCCCCCC)OC(=O)CCCCCCCCCCCC(C)C. The Labute approximate surface area is 568 Å². The summed E-state index contributed by atoms with van der Waals surface area (Å²) in [5, 5.41) is 10.6. The lowest BCUT2D eigenvalue weighted by molar-refractivity contribution is -0.161. The number of hydrogen-bond donors (Lipinski definition) is 3. The van der Waals surface area contributed by atoms with Crippen LogP contribution in [0.25, 0.3) is 0 Å². The van der Waals surface area contributed by atoms with Gasteiger partial charge in [-0.15, -0.1) is 0 Å². The van der Waals surface area contributed by atoms with E-state index in [1.165, 1.54) is 212 Å². The molecule has 5 atom stereocenters. The molecule has 3 N–H and O–H groups in total. The lowest BCUT2D eigenvalue weighted by atomic mass is 10.0. The Kier molecular flexibility index (Phi) is 65.9. The van der Waals surface area contributed by atoms with E-state index in [2.05, 4.69) is 34.6 Å². The van der Waals surface area contributed by atoms with Gasteiger partial charge in [-0.2, -0.15) is 0 Å². The maximum Gasteiger partial charge on any atom is 0.472 e.